The van der Waals surface area contributed by atoms with Crippen LogP contribution in [-0.2, 0) is 9.53 Å². The van der Waals surface area contributed by atoms with Gasteiger partial charge in [-0.2, -0.15) is 0 Å². The predicted molar refractivity (Wildman–Crippen MR) is 52.4 cm³/mol. The van der Waals surface area contributed by atoms with Crippen LogP contribution in [0.4, 0.5) is 0 Å². The third-order valence-corrected chi connectivity index (χ3v) is 2.73. The highest BCUT2D eigenvalue weighted by atomic mass is 16.5. The highest BCUT2D eigenvalue weighted by molar-refractivity contribution is 5.69. The Balaban J connectivity index is 2.37. The molecule has 0 aliphatic carbocycles. The van der Waals surface area contributed by atoms with Crippen LogP contribution in [0.1, 0.15) is 52.4 Å². The van der Waals surface area contributed by atoms with Crippen LogP contribution in [0.25, 0.3) is 0 Å². The minimum Gasteiger partial charge on any atom is -0.463 e. The van der Waals surface area contributed by atoms with Gasteiger partial charge in [0.1, 0.15) is 0 Å². The second-order valence-corrected chi connectivity index (χ2v) is 4.23. The summed E-state index contributed by atoms with van der Waals surface area (Å²) in [5.74, 6) is 0.779. The van der Waals surface area contributed by atoms with Crippen molar-refractivity contribution in [3.8, 4) is 0 Å². The normalized spacial score (nSPS) is 32.3. The molecule has 0 bridgehead atoms. The first-order valence-electron chi connectivity index (χ1n) is 5.38. The number of hydrogen-bond acceptors (Lipinski definition) is 2. The van der Waals surface area contributed by atoms with Crippen LogP contribution in [0.5, 0.6) is 0 Å². The first-order chi connectivity index (χ1) is 6.18. The maximum absolute atomic E-state index is 11.2. The highest BCUT2D eigenvalue weighted by Gasteiger charge is 2.13. The maximum atomic E-state index is 11.2. The van der Waals surface area contributed by atoms with Crippen molar-refractivity contribution in [2.24, 2.45) is 5.92 Å². The topological polar surface area (TPSA) is 26.3 Å². The molecule has 2 nitrogen and oxygen atoms in total. The van der Waals surface area contributed by atoms with Gasteiger partial charge in [0.15, 0.2) is 0 Å². The van der Waals surface area contributed by atoms with Gasteiger partial charge in [0.2, 0.25) is 0 Å². The van der Waals surface area contributed by atoms with Crippen molar-refractivity contribution in [1.82, 2.24) is 0 Å². The van der Waals surface area contributed by atoms with Gasteiger partial charge in [-0.3, -0.25) is 4.79 Å². The molecule has 1 saturated heterocycles. The number of carbonyl (C=O) groups excluding carboxylic acids is 1. The van der Waals surface area contributed by atoms with Gasteiger partial charge in [-0.1, -0.05) is 19.8 Å². The van der Waals surface area contributed by atoms with Crippen molar-refractivity contribution < 1.29 is 9.53 Å². The molecule has 76 valence electrons. The Morgan fingerprint density at radius 3 is 2.69 bits per heavy atom. The van der Waals surface area contributed by atoms with E-state index in [9.17, 15) is 4.79 Å². The lowest BCUT2D eigenvalue weighted by Gasteiger charge is -2.18. The SMILES string of the molecule is CC1CCCCC(=O)OC(C)CC1. The number of esters is 1. The Morgan fingerprint density at radius 2 is 1.92 bits per heavy atom. The van der Waals surface area contributed by atoms with Crippen LogP contribution < -0.4 is 0 Å². The standard InChI is InChI=1S/C11H20O2/c1-9-5-3-4-6-11(12)13-10(2)8-7-9/h9-10H,3-8H2,1-2H3. The molecule has 1 heterocycles. The smallest absolute Gasteiger partial charge is 0.306 e. The molecule has 0 amide bonds. The van der Waals surface area contributed by atoms with Crippen LogP contribution in [-0.4, -0.2) is 12.1 Å². The van der Waals surface area contributed by atoms with E-state index in [-0.39, 0.29) is 12.1 Å². The summed E-state index contributed by atoms with van der Waals surface area (Å²) < 4.78 is 5.24. The van der Waals surface area contributed by atoms with E-state index in [1.807, 2.05) is 6.92 Å². The van der Waals surface area contributed by atoms with E-state index in [1.54, 1.807) is 0 Å². The quantitative estimate of drug-likeness (QED) is 0.541. The molecule has 0 aromatic rings. The lowest BCUT2D eigenvalue weighted by Crippen LogP contribution is -2.17. The van der Waals surface area contributed by atoms with Gasteiger partial charge in [-0.25, -0.2) is 0 Å². The van der Waals surface area contributed by atoms with Crippen molar-refractivity contribution in [2.45, 2.75) is 58.5 Å². The summed E-state index contributed by atoms with van der Waals surface area (Å²) in [6.07, 6.45) is 6.37. The molecule has 1 aliphatic rings. The first-order valence-corrected chi connectivity index (χ1v) is 5.38. The van der Waals surface area contributed by atoms with Crippen LogP contribution in [0.2, 0.25) is 0 Å². The molecule has 0 spiro atoms. The van der Waals surface area contributed by atoms with Gasteiger partial charge in [0.25, 0.3) is 0 Å². The minimum atomic E-state index is -0.0120. The van der Waals surface area contributed by atoms with Crippen LogP contribution >= 0.6 is 0 Å². The van der Waals surface area contributed by atoms with E-state index in [2.05, 4.69) is 6.92 Å². The number of rotatable bonds is 0. The summed E-state index contributed by atoms with van der Waals surface area (Å²) in [6, 6.07) is 0. The average Bonchev–Trinajstić information content (AvgIpc) is 2.08. The lowest BCUT2D eigenvalue weighted by molar-refractivity contribution is -0.149. The Morgan fingerprint density at radius 1 is 1.15 bits per heavy atom. The third kappa shape index (κ3) is 4.30. The van der Waals surface area contributed by atoms with Crippen molar-refractivity contribution in [3.63, 3.8) is 0 Å². The molecule has 0 aromatic carbocycles. The molecule has 0 N–H and O–H groups in total. The molecule has 13 heavy (non-hydrogen) atoms. The van der Waals surface area contributed by atoms with Gasteiger partial charge in [0, 0.05) is 6.42 Å². The van der Waals surface area contributed by atoms with Crippen molar-refractivity contribution in [3.05, 3.63) is 0 Å². The largest absolute Gasteiger partial charge is 0.463 e. The van der Waals surface area contributed by atoms with E-state index in [0.29, 0.717) is 6.42 Å². The summed E-state index contributed by atoms with van der Waals surface area (Å²) in [5, 5.41) is 0. The second-order valence-electron chi connectivity index (χ2n) is 4.23. The third-order valence-electron chi connectivity index (χ3n) is 2.73. The molecule has 2 atom stereocenters. The van der Waals surface area contributed by atoms with Crippen molar-refractivity contribution >= 4 is 5.97 Å². The molecule has 2 heteroatoms. The Kier molecular flexibility index (Phi) is 4.26. The summed E-state index contributed by atoms with van der Waals surface area (Å²) in [7, 11) is 0. The van der Waals surface area contributed by atoms with Gasteiger partial charge < -0.3 is 4.74 Å². The Labute approximate surface area is 80.7 Å². The summed E-state index contributed by atoms with van der Waals surface area (Å²) in [4.78, 5) is 11.2. The minimum absolute atomic E-state index is 0.0120. The van der Waals surface area contributed by atoms with E-state index >= 15 is 0 Å². The van der Waals surface area contributed by atoms with E-state index < -0.39 is 0 Å². The number of carbonyl (C=O) groups is 1. The second kappa shape index (κ2) is 5.25. The van der Waals surface area contributed by atoms with Crippen LogP contribution in [0, 0.1) is 5.92 Å². The van der Waals surface area contributed by atoms with Gasteiger partial charge >= 0.3 is 5.97 Å². The summed E-state index contributed by atoms with van der Waals surface area (Å²) in [5.41, 5.74) is 0. The van der Waals surface area contributed by atoms with E-state index in [4.69, 9.17) is 4.74 Å². The molecular formula is C11H20O2. The Bertz CT molecular complexity index is 165. The zero-order valence-corrected chi connectivity index (χ0v) is 8.71. The molecule has 1 aliphatic heterocycles. The molecule has 1 fully saturated rings. The monoisotopic (exact) mass is 184 g/mol. The molecule has 2 unspecified atom stereocenters. The first kappa shape index (κ1) is 10.6. The average molecular weight is 184 g/mol. The molecular weight excluding hydrogens is 164 g/mol. The van der Waals surface area contributed by atoms with E-state index in [1.165, 1.54) is 19.3 Å². The van der Waals surface area contributed by atoms with Crippen LogP contribution in [0.3, 0.4) is 0 Å². The van der Waals surface area contributed by atoms with Crippen molar-refractivity contribution in [1.29, 1.82) is 0 Å². The van der Waals surface area contributed by atoms with E-state index in [0.717, 1.165) is 18.8 Å². The highest BCUT2D eigenvalue weighted by Crippen LogP contribution is 2.19. The van der Waals surface area contributed by atoms with Crippen molar-refractivity contribution in [2.75, 3.05) is 0 Å². The molecule has 0 saturated carbocycles. The number of cyclic esters (lactones) is 1. The summed E-state index contributed by atoms with van der Waals surface area (Å²) >= 11 is 0. The predicted octanol–water partition coefficient (Wildman–Crippen LogP) is 2.91. The fourth-order valence-electron chi connectivity index (χ4n) is 1.77. The maximum Gasteiger partial charge on any atom is 0.306 e. The molecule has 1 rings (SSSR count). The number of hydrogen-bond donors (Lipinski definition) is 0. The van der Waals surface area contributed by atoms with Gasteiger partial charge in [0.05, 0.1) is 6.10 Å². The molecule has 0 aromatic heterocycles. The zero-order chi connectivity index (χ0) is 9.68. The van der Waals surface area contributed by atoms with Gasteiger partial charge in [-0.05, 0) is 32.1 Å². The number of ether oxygens (including phenoxy) is 1. The fourth-order valence-corrected chi connectivity index (χ4v) is 1.77. The fraction of sp³-hybridized carbons (Fsp3) is 0.909. The molecule has 0 radical (unpaired) electrons. The van der Waals surface area contributed by atoms with Gasteiger partial charge in [-0.15, -0.1) is 0 Å². The summed E-state index contributed by atoms with van der Waals surface area (Å²) in [6.45, 7) is 4.28. The van der Waals surface area contributed by atoms with Crippen LogP contribution in [0.15, 0.2) is 0 Å². The Hall–Kier alpha value is -0.530. The zero-order valence-electron chi connectivity index (χ0n) is 8.71. The lowest BCUT2D eigenvalue weighted by atomic mass is 9.96.